The molecule has 0 saturated carbocycles. The van der Waals surface area contributed by atoms with Crippen molar-refractivity contribution >= 4 is 11.9 Å². The first-order valence-corrected chi connectivity index (χ1v) is 10.4. The fraction of sp³-hybridized carbons (Fsp3) is 0.636. The average Bonchev–Trinajstić information content (AvgIpc) is 2.75. The van der Waals surface area contributed by atoms with Crippen molar-refractivity contribution in [2.45, 2.75) is 39.0 Å². The van der Waals surface area contributed by atoms with E-state index in [9.17, 15) is 9.59 Å². The number of hydrogen-bond acceptors (Lipinski definition) is 5. The molecule has 0 radical (unpaired) electrons. The van der Waals surface area contributed by atoms with Gasteiger partial charge in [0.25, 0.3) is 0 Å². The number of amides is 1. The fourth-order valence-electron chi connectivity index (χ4n) is 4.16. The highest BCUT2D eigenvalue weighted by molar-refractivity contribution is 5.82. The van der Waals surface area contributed by atoms with Crippen LogP contribution in [0.3, 0.4) is 0 Å². The Bertz CT molecular complexity index is 644. The van der Waals surface area contributed by atoms with E-state index in [1.54, 1.807) is 0 Å². The molecule has 0 aliphatic carbocycles. The van der Waals surface area contributed by atoms with Crippen LogP contribution in [0.15, 0.2) is 30.3 Å². The molecule has 6 nitrogen and oxygen atoms in total. The number of carbonyl (C=O) groups is 2. The molecule has 0 bridgehead atoms. The highest BCUT2D eigenvalue weighted by Gasteiger charge is 2.45. The van der Waals surface area contributed by atoms with E-state index in [0.717, 1.165) is 31.4 Å². The summed E-state index contributed by atoms with van der Waals surface area (Å²) in [7, 11) is 0. The van der Waals surface area contributed by atoms with Crippen LogP contribution in [0.25, 0.3) is 0 Å². The maximum Gasteiger partial charge on any atom is 0.314 e. The Labute approximate surface area is 167 Å². The van der Waals surface area contributed by atoms with Crippen molar-refractivity contribution in [3.63, 3.8) is 0 Å². The van der Waals surface area contributed by atoms with E-state index in [1.165, 1.54) is 0 Å². The second-order valence-electron chi connectivity index (χ2n) is 7.66. The Morgan fingerprint density at radius 2 is 1.96 bits per heavy atom. The third-order valence-electron chi connectivity index (χ3n) is 5.76. The van der Waals surface area contributed by atoms with E-state index >= 15 is 0 Å². The molecule has 1 atom stereocenters. The first kappa shape index (κ1) is 20.6. The smallest absolute Gasteiger partial charge is 0.314 e. The molecule has 0 aromatic heterocycles. The van der Waals surface area contributed by atoms with Crippen LogP contribution in [-0.4, -0.2) is 56.3 Å². The summed E-state index contributed by atoms with van der Waals surface area (Å²) in [5.74, 6) is 0.733. The summed E-state index contributed by atoms with van der Waals surface area (Å²) >= 11 is 0. The Morgan fingerprint density at radius 1 is 1.21 bits per heavy atom. The molecule has 3 rings (SSSR count). The van der Waals surface area contributed by atoms with Gasteiger partial charge in [-0.3, -0.25) is 9.59 Å². The highest BCUT2D eigenvalue weighted by atomic mass is 16.5. The summed E-state index contributed by atoms with van der Waals surface area (Å²) in [4.78, 5) is 27.7. The van der Waals surface area contributed by atoms with Crippen LogP contribution in [0.1, 0.15) is 39.0 Å². The molecule has 2 aliphatic rings. The molecule has 1 aromatic rings. The van der Waals surface area contributed by atoms with Gasteiger partial charge in [0.15, 0.2) is 0 Å². The standard InChI is InChI=1S/C22H31NO5/c1-2-27-21(25)22(12-16-28-19-7-4-3-5-8-19)11-6-13-23(17-22)20(24)18-9-14-26-15-10-18/h3-5,7-8,18H,2,6,9-17H2,1H3/t22-/m1/s1. The van der Waals surface area contributed by atoms with Gasteiger partial charge >= 0.3 is 5.97 Å². The van der Waals surface area contributed by atoms with Crippen LogP contribution < -0.4 is 4.74 Å². The number of nitrogens with zero attached hydrogens (tertiary/aromatic N) is 1. The second kappa shape index (κ2) is 9.92. The minimum Gasteiger partial charge on any atom is -0.494 e. The molecular weight excluding hydrogens is 358 g/mol. The van der Waals surface area contributed by atoms with Crippen molar-refractivity contribution < 1.29 is 23.8 Å². The Hall–Kier alpha value is -2.08. The number of rotatable bonds is 7. The van der Waals surface area contributed by atoms with Gasteiger partial charge < -0.3 is 19.1 Å². The second-order valence-corrected chi connectivity index (χ2v) is 7.66. The molecule has 28 heavy (non-hydrogen) atoms. The largest absolute Gasteiger partial charge is 0.494 e. The molecule has 1 amide bonds. The van der Waals surface area contributed by atoms with E-state index in [1.807, 2.05) is 42.2 Å². The van der Waals surface area contributed by atoms with Crippen molar-refractivity contribution in [1.82, 2.24) is 4.90 Å². The van der Waals surface area contributed by atoms with Crippen molar-refractivity contribution in [2.24, 2.45) is 11.3 Å². The van der Waals surface area contributed by atoms with Gasteiger partial charge in [0.2, 0.25) is 5.91 Å². The van der Waals surface area contributed by atoms with Gasteiger partial charge in [-0.15, -0.1) is 0 Å². The maximum atomic E-state index is 13.0. The van der Waals surface area contributed by atoms with Crippen LogP contribution in [0, 0.1) is 11.3 Å². The lowest BCUT2D eigenvalue weighted by Crippen LogP contribution is -2.52. The molecule has 0 spiro atoms. The molecular formula is C22H31NO5. The van der Waals surface area contributed by atoms with Gasteiger partial charge in [0.1, 0.15) is 5.75 Å². The summed E-state index contributed by atoms with van der Waals surface area (Å²) in [6.45, 7) is 4.98. The zero-order chi connectivity index (χ0) is 19.8. The van der Waals surface area contributed by atoms with Gasteiger partial charge in [-0.2, -0.15) is 0 Å². The van der Waals surface area contributed by atoms with E-state index in [4.69, 9.17) is 14.2 Å². The number of hydrogen-bond donors (Lipinski definition) is 0. The fourth-order valence-corrected chi connectivity index (χ4v) is 4.16. The van der Waals surface area contributed by atoms with E-state index in [-0.39, 0.29) is 17.8 Å². The average molecular weight is 389 g/mol. The molecule has 6 heteroatoms. The first-order chi connectivity index (χ1) is 13.6. The molecule has 1 aromatic carbocycles. The van der Waals surface area contributed by atoms with Crippen LogP contribution in [0.5, 0.6) is 5.75 Å². The van der Waals surface area contributed by atoms with E-state index < -0.39 is 5.41 Å². The van der Waals surface area contributed by atoms with Gasteiger partial charge in [0.05, 0.1) is 18.6 Å². The number of carbonyl (C=O) groups excluding carboxylic acids is 2. The SMILES string of the molecule is CCOC(=O)[C@@]1(CCOc2ccccc2)CCCN(C(=O)C2CCOCC2)C1. The van der Waals surface area contributed by atoms with Crippen LogP contribution in [-0.2, 0) is 19.1 Å². The summed E-state index contributed by atoms with van der Waals surface area (Å²) < 4.78 is 16.6. The number of piperidine rings is 1. The quantitative estimate of drug-likeness (QED) is 0.671. The minimum atomic E-state index is -0.691. The lowest BCUT2D eigenvalue weighted by atomic mass is 9.76. The third-order valence-corrected chi connectivity index (χ3v) is 5.76. The van der Waals surface area contributed by atoms with Gasteiger partial charge in [0, 0.05) is 32.2 Å². The number of para-hydroxylation sites is 1. The maximum absolute atomic E-state index is 13.0. The normalized spacial score (nSPS) is 23.2. The summed E-state index contributed by atoms with van der Waals surface area (Å²) in [6.07, 6.45) is 3.59. The number of likely N-dealkylation sites (tertiary alicyclic amines) is 1. The van der Waals surface area contributed by atoms with Crippen molar-refractivity contribution in [2.75, 3.05) is 39.5 Å². The zero-order valence-corrected chi connectivity index (χ0v) is 16.7. The van der Waals surface area contributed by atoms with E-state index in [0.29, 0.717) is 45.9 Å². The van der Waals surface area contributed by atoms with E-state index in [2.05, 4.69) is 0 Å². The molecule has 2 saturated heterocycles. The Balaban J connectivity index is 1.67. The number of ether oxygens (including phenoxy) is 3. The number of esters is 1. The first-order valence-electron chi connectivity index (χ1n) is 10.4. The summed E-state index contributed by atoms with van der Waals surface area (Å²) in [6, 6.07) is 9.59. The molecule has 154 valence electrons. The zero-order valence-electron chi connectivity index (χ0n) is 16.7. The summed E-state index contributed by atoms with van der Waals surface area (Å²) in [5.41, 5.74) is -0.691. The molecule has 0 N–H and O–H groups in total. The lowest BCUT2D eigenvalue weighted by molar-refractivity contribution is -0.163. The molecule has 2 heterocycles. The summed E-state index contributed by atoms with van der Waals surface area (Å²) in [5, 5.41) is 0. The highest BCUT2D eigenvalue weighted by Crippen LogP contribution is 2.36. The third kappa shape index (κ3) is 5.04. The van der Waals surface area contributed by atoms with Crippen LogP contribution in [0.2, 0.25) is 0 Å². The topological polar surface area (TPSA) is 65.1 Å². The number of benzene rings is 1. The lowest BCUT2D eigenvalue weighted by Gasteiger charge is -2.42. The molecule has 2 fully saturated rings. The van der Waals surface area contributed by atoms with Crippen molar-refractivity contribution in [3.8, 4) is 5.75 Å². The van der Waals surface area contributed by atoms with Gasteiger partial charge in [-0.05, 0) is 51.2 Å². The van der Waals surface area contributed by atoms with Crippen LogP contribution in [0.4, 0.5) is 0 Å². The predicted molar refractivity (Wildman–Crippen MR) is 105 cm³/mol. The van der Waals surface area contributed by atoms with Gasteiger partial charge in [-0.1, -0.05) is 18.2 Å². The molecule has 2 aliphatic heterocycles. The van der Waals surface area contributed by atoms with Gasteiger partial charge in [-0.25, -0.2) is 0 Å². The predicted octanol–water partition coefficient (Wildman–Crippen LogP) is 3.05. The Morgan fingerprint density at radius 3 is 2.68 bits per heavy atom. The van der Waals surface area contributed by atoms with Crippen LogP contribution >= 0.6 is 0 Å². The van der Waals surface area contributed by atoms with Crippen molar-refractivity contribution in [1.29, 1.82) is 0 Å². The molecule has 0 unspecified atom stereocenters. The Kier molecular flexibility index (Phi) is 7.31. The van der Waals surface area contributed by atoms with Crippen molar-refractivity contribution in [3.05, 3.63) is 30.3 Å². The monoisotopic (exact) mass is 389 g/mol. The minimum absolute atomic E-state index is 0.00677.